The Labute approximate surface area is 173 Å². The number of halogens is 1. The Hall–Kier alpha value is -3.19. The lowest BCUT2D eigenvalue weighted by Gasteiger charge is -2.13. The van der Waals surface area contributed by atoms with Crippen LogP contribution >= 0.6 is 11.6 Å². The molecule has 1 aliphatic heterocycles. The Balaban J connectivity index is 1.74. The van der Waals surface area contributed by atoms with Gasteiger partial charge in [-0.05, 0) is 35.7 Å². The Morgan fingerprint density at radius 3 is 2.90 bits per heavy atom. The molecule has 7 nitrogen and oxygen atoms in total. The molecule has 148 valence electrons. The molecular formula is C21H21ClN6O. The zero-order valence-electron chi connectivity index (χ0n) is 16.2. The third-order valence-corrected chi connectivity index (χ3v) is 4.82. The van der Waals surface area contributed by atoms with Gasteiger partial charge >= 0.3 is 0 Å². The molecule has 0 saturated carbocycles. The number of carbonyl (C=O) groups is 1. The first kappa shape index (κ1) is 19.1. The molecule has 1 aliphatic rings. The monoisotopic (exact) mass is 408 g/mol. The van der Waals surface area contributed by atoms with E-state index in [1.54, 1.807) is 23.1 Å². The maximum absolute atomic E-state index is 12.5. The molecule has 0 unspecified atom stereocenters. The maximum Gasteiger partial charge on any atom is 0.230 e. The quantitative estimate of drug-likeness (QED) is 0.653. The first-order chi connectivity index (χ1) is 14.0. The van der Waals surface area contributed by atoms with Crippen LogP contribution in [-0.2, 0) is 4.79 Å². The highest BCUT2D eigenvalue weighted by Gasteiger charge is 2.19. The van der Waals surface area contributed by atoms with Gasteiger partial charge in [-0.3, -0.25) is 9.79 Å². The minimum Gasteiger partial charge on any atom is -0.384 e. The van der Waals surface area contributed by atoms with Crippen molar-refractivity contribution in [1.82, 2.24) is 15.0 Å². The second-order valence-electron chi connectivity index (χ2n) is 7.31. The normalized spacial score (nSPS) is 13.5. The van der Waals surface area contributed by atoms with E-state index in [9.17, 15) is 4.79 Å². The summed E-state index contributed by atoms with van der Waals surface area (Å²) in [5.41, 5.74) is 4.47. The number of rotatable bonds is 5. The highest BCUT2D eigenvalue weighted by Crippen LogP contribution is 2.37. The predicted octanol–water partition coefficient (Wildman–Crippen LogP) is 4.45. The fourth-order valence-corrected chi connectivity index (χ4v) is 3.31. The summed E-state index contributed by atoms with van der Waals surface area (Å²) in [6.07, 6.45) is 3.56. The Morgan fingerprint density at radius 2 is 2.14 bits per heavy atom. The van der Waals surface area contributed by atoms with Crippen molar-refractivity contribution in [1.29, 1.82) is 0 Å². The van der Waals surface area contributed by atoms with Crippen LogP contribution in [0, 0.1) is 5.92 Å². The molecule has 0 radical (unpaired) electrons. The Morgan fingerprint density at radius 1 is 1.28 bits per heavy atom. The van der Waals surface area contributed by atoms with Crippen LogP contribution in [0.1, 0.15) is 25.8 Å². The van der Waals surface area contributed by atoms with Gasteiger partial charge in [-0.1, -0.05) is 42.8 Å². The summed E-state index contributed by atoms with van der Waals surface area (Å²) in [6.45, 7) is 5.05. The van der Waals surface area contributed by atoms with Gasteiger partial charge < -0.3 is 10.6 Å². The molecule has 2 heterocycles. The Kier molecular flexibility index (Phi) is 5.31. The van der Waals surface area contributed by atoms with E-state index in [1.165, 1.54) is 0 Å². The summed E-state index contributed by atoms with van der Waals surface area (Å²) in [5.74, 6) is 0.343. The molecule has 0 saturated heterocycles. The molecular weight excluding hydrogens is 388 g/mol. The van der Waals surface area contributed by atoms with Crippen LogP contribution in [0.3, 0.4) is 0 Å². The van der Waals surface area contributed by atoms with Gasteiger partial charge in [0.15, 0.2) is 0 Å². The van der Waals surface area contributed by atoms with Gasteiger partial charge in [0.25, 0.3) is 0 Å². The van der Waals surface area contributed by atoms with Crippen LogP contribution in [0.2, 0.25) is 5.02 Å². The molecule has 4 rings (SSSR count). The van der Waals surface area contributed by atoms with Crippen molar-refractivity contribution in [2.45, 2.75) is 20.3 Å². The van der Waals surface area contributed by atoms with Gasteiger partial charge in [0.2, 0.25) is 5.91 Å². The molecule has 2 N–H and O–H groups in total. The van der Waals surface area contributed by atoms with E-state index in [1.807, 2.05) is 30.3 Å². The topological polar surface area (TPSA) is 84.2 Å². The molecule has 1 amide bonds. The van der Waals surface area contributed by atoms with Crippen LogP contribution in [0.25, 0.3) is 5.69 Å². The number of anilines is 2. The summed E-state index contributed by atoms with van der Waals surface area (Å²) < 4.78 is 1.67. The highest BCUT2D eigenvalue weighted by molar-refractivity contribution is 6.34. The van der Waals surface area contributed by atoms with Crippen LogP contribution < -0.4 is 10.6 Å². The van der Waals surface area contributed by atoms with Crippen molar-refractivity contribution in [3.63, 3.8) is 0 Å². The molecule has 0 spiro atoms. The van der Waals surface area contributed by atoms with E-state index in [0.29, 0.717) is 28.0 Å². The van der Waals surface area contributed by atoms with Gasteiger partial charge in [0, 0.05) is 6.54 Å². The fraction of sp³-hybridized carbons (Fsp3) is 0.238. The number of hydrogen-bond donors (Lipinski definition) is 2. The first-order valence-electron chi connectivity index (χ1n) is 9.41. The maximum atomic E-state index is 12.5. The van der Waals surface area contributed by atoms with Crippen LogP contribution in [0.4, 0.5) is 17.1 Å². The molecule has 0 atom stereocenters. The average molecular weight is 409 g/mol. The van der Waals surface area contributed by atoms with Crippen molar-refractivity contribution in [2.75, 3.05) is 17.2 Å². The molecule has 8 heteroatoms. The second-order valence-corrected chi connectivity index (χ2v) is 7.71. The lowest BCUT2D eigenvalue weighted by molar-refractivity contribution is -0.115. The van der Waals surface area contributed by atoms with Gasteiger partial charge in [0.05, 0.1) is 52.3 Å². The lowest BCUT2D eigenvalue weighted by Crippen LogP contribution is -2.15. The largest absolute Gasteiger partial charge is 0.384 e. The number of nitrogens with one attached hydrogen (secondary N) is 2. The Bertz CT molecular complexity index is 1070. The summed E-state index contributed by atoms with van der Waals surface area (Å²) in [5, 5.41) is 14.7. The number of hydrogen-bond acceptors (Lipinski definition) is 5. The van der Waals surface area contributed by atoms with Gasteiger partial charge in [-0.2, -0.15) is 0 Å². The minimum absolute atomic E-state index is 0.132. The second kappa shape index (κ2) is 8.05. The van der Waals surface area contributed by atoms with Crippen LogP contribution in [0.15, 0.2) is 53.8 Å². The smallest absolute Gasteiger partial charge is 0.230 e. The van der Waals surface area contributed by atoms with Crippen molar-refractivity contribution in [3.8, 4) is 5.69 Å². The summed E-state index contributed by atoms with van der Waals surface area (Å²) >= 11 is 6.40. The number of amides is 1. The molecule has 0 aliphatic carbocycles. The number of carbonyl (C=O) groups excluding carboxylic acids is 1. The number of benzene rings is 2. The van der Waals surface area contributed by atoms with Crippen molar-refractivity contribution >= 4 is 40.3 Å². The van der Waals surface area contributed by atoms with Gasteiger partial charge in [-0.25, -0.2) is 4.68 Å². The standard InChI is InChI=1S/C21H21ClN6O/c1-13(2)12-23-18-10-20-19(9-16(18)22)26-21(29)11-17(25-20)14-4-3-5-15(8-14)28-7-6-24-27-28/h3-10,13,23H,11-12H2,1-2H3,(H,26,29). The predicted molar refractivity (Wildman–Crippen MR) is 116 cm³/mol. The number of aromatic nitrogens is 3. The molecule has 29 heavy (non-hydrogen) atoms. The van der Waals surface area contributed by atoms with E-state index in [0.717, 1.165) is 23.5 Å². The zero-order chi connectivity index (χ0) is 20.4. The van der Waals surface area contributed by atoms with Crippen molar-refractivity contribution < 1.29 is 4.79 Å². The lowest BCUT2D eigenvalue weighted by atomic mass is 10.1. The first-order valence-corrected chi connectivity index (χ1v) is 9.79. The van der Waals surface area contributed by atoms with Gasteiger partial charge in [0.1, 0.15) is 0 Å². The molecule has 0 fully saturated rings. The third kappa shape index (κ3) is 4.30. The van der Waals surface area contributed by atoms with E-state index in [2.05, 4.69) is 34.8 Å². The number of nitrogens with zero attached hydrogens (tertiary/aromatic N) is 4. The zero-order valence-corrected chi connectivity index (χ0v) is 16.9. The van der Waals surface area contributed by atoms with Crippen LogP contribution in [-0.4, -0.2) is 33.2 Å². The number of fused-ring (bicyclic) bond motifs is 1. The molecule has 2 aromatic carbocycles. The average Bonchev–Trinajstić information content (AvgIpc) is 3.17. The molecule has 3 aromatic rings. The third-order valence-electron chi connectivity index (χ3n) is 4.51. The number of aliphatic imine (C=N–C) groups is 1. The van der Waals surface area contributed by atoms with E-state index < -0.39 is 0 Å². The summed E-state index contributed by atoms with van der Waals surface area (Å²) in [6, 6.07) is 11.3. The van der Waals surface area contributed by atoms with Crippen molar-refractivity contribution in [2.24, 2.45) is 10.9 Å². The van der Waals surface area contributed by atoms with E-state index >= 15 is 0 Å². The molecule has 0 bridgehead atoms. The van der Waals surface area contributed by atoms with Crippen molar-refractivity contribution in [3.05, 3.63) is 59.4 Å². The van der Waals surface area contributed by atoms with E-state index in [-0.39, 0.29) is 12.3 Å². The summed E-state index contributed by atoms with van der Waals surface area (Å²) in [7, 11) is 0. The fourth-order valence-electron chi connectivity index (χ4n) is 3.08. The summed E-state index contributed by atoms with van der Waals surface area (Å²) in [4.78, 5) is 17.3. The van der Waals surface area contributed by atoms with Crippen LogP contribution in [0.5, 0.6) is 0 Å². The highest BCUT2D eigenvalue weighted by atomic mass is 35.5. The van der Waals surface area contributed by atoms with Gasteiger partial charge in [-0.15, -0.1) is 5.10 Å². The minimum atomic E-state index is -0.132. The SMILES string of the molecule is CC(C)CNc1cc2c(cc1Cl)NC(=O)CC(c1cccc(-n3ccnn3)c1)=N2. The van der Waals surface area contributed by atoms with E-state index in [4.69, 9.17) is 16.6 Å². The molecule has 1 aromatic heterocycles.